The summed E-state index contributed by atoms with van der Waals surface area (Å²) in [5, 5.41) is 14.0. The lowest BCUT2D eigenvalue weighted by molar-refractivity contribution is -0.118. The minimum absolute atomic E-state index is 0.107. The van der Waals surface area contributed by atoms with Gasteiger partial charge in [0.1, 0.15) is 11.9 Å². The molecule has 2 aromatic carbocycles. The van der Waals surface area contributed by atoms with E-state index in [-0.39, 0.29) is 12.2 Å². The van der Waals surface area contributed by atoms with E-state index in [0.29, 0.717) is 16.8 Å². The lowest BCUT2D eigenvalue weighted by atomic mass is 9.85. The fourth-order valence-corrected chi connectivity index (χ4v) is 3.06. The van der Waals surface area contributed by atoms with Crippen molar-refractivity contribution in [3.8, 4) is 0 Å². The number of hydrogen-bond donors (Lipinski definition) is 3. The molecule has 0 aliphatic heterocycles. The summed E-state index contributed by atoms with van der Waals surface area (Å²) in [5.74, 6) is -0.815. The molecule has 0 radical (unpaired) electrons. The fourth-order valence-electron chi connectivity index (χ4n) is 2.66. The van der Waals surface area contributed by atoms with E-state index in [1.165, 1.54) is 6.07 Å². The molecule has 0 aliphatic rings. The highest BCUT2D eigenvalue weighted by atomic mass is 79.9. The van der Waals surface area contributed by atoms with Gasteiger partial charge >= 0.3 is 6.09 Å². The van der Waals surface area contributed by atoms with Crippen LogP contribution in [0.15, 0.2) is 46.9 Å². The molecule has 0 spiro atoms. The Bertz CT molecular complexity index is 849. The van der Waals surface area contributed by atoms with Gasteiger partial charge in [-0.15, -0.1) is 0 Å². The molecule has 1 unspecified atom stereocenters. The third-order valence-corrected chi connectivity index (χ3v) is 4.48. The first-order valence-electron chi connectivity index (χ1n) is 8.41. The van der Waals surface area contributed by atoms with Gasteiger partial charge in [-0.05, 0) is 40.8 Å². The van der Waals surface area contributed by atoms with Crippen LogP contribution in [0.1, 0.15) is 31.9 Å². The Morgan fingerprint density at radius 3 is 2.48 bits per heavy atom. The van der Waals surface area contributed by atoms with Crippen molar-refractivity contribution in [3.05, 3.63) is 63.9 Å². The molecule has 2 rings (SSSR count). The van der Waals surface area contributed by atoms with E-state index in [0.717, 1.165) is 4.47 Å². The molecule has 5 nitrogen and oxygen atoms in total. The molecule has 27 heavy (non-hydrogen) atoms. The van der Waals surface area contributed by atoms with Crippen molar-refractivity contribution in [2.24, 2.45) is 0 Å². The molecule has 0 bridgehead atoms. The highest BCUT2D eigenvalue weighted by molar-refractivity contribution is 9.10. The van der Waals surface area contributed by atoms with Crippen molar-refractivity contribution >= 4 is 33.6 Å². The van der Waals surface area contributed by atoms with Gasteiger partial charge in [-0.25, -0.2) is 9.18 Å². The van der Waals surface area contributed by atoms with Crippen LogP contribution < -0.4 is 10.6 Å². The minimum atomic E-state index is -1.30. The molecule has 2 aromatic rings. The van der Waals surface area contributed by atoms with Crippen molar-refractivity contribution in [3.63, 3.8) is 0 Å². The van der Waals surface area contributed by atoms with Gasteiger partial charge in [0.2, 0.25) is 5.91 Å². The van der Waals surface area contributed by atoms with Gasteiger partial charge in [-0.2, -0.15) is 0 Å². The molecule has 0 aliphatic carbocycles. The van der Waals surface area contributed by atoms with Crippen LogP contribution in [0.2, 0.25) is 0 Å². The van der Waals surface area contributed by atoms with Crippen molar-refractivity contribution in [2.75, 3.05) is 5.32 Å². The monoisotopic (exact) mass is 436 g/mol. The van der Waals surface area contributed by atoms with E-state index in [1.807, 2.05) is 26.8 Å². The van der Waals surface area contributed by atoms with Crippen LogP contribution in [0, 0.1) is 5.82 Å². The molecule has 7 heteroatoms. The Hall–Kier alpha value is -2.41. The number of carbonyl (C=O) groups excluding carboxylic acids is 1. The van der Waals surface area contributed by atoms with E-state index < -0.39 is 23.5 Å². The van der Waals surface area contributed by atoms with Crippen molar-refractivity contribution in [1.82, 2.24) is 5.32 Å². The van der Waals surface area contributed by atoms with E-state index in [2.05, 4.69) is 26.6 Å². The lowest BCUT2D eigenvalue weighted by Gasteiger charge is -2.22. The summed E-state index contributed by atoms with van der Waals surface area (Å²) in [6.07, 6.45) is -1.20. The quantitative estimate of drug-likeness (QED) is 0.635. The number of carboxylic acid groups (broad SMARTS) is 1. The number of amides is 2. The van der Waals surface area contributed by atoms with Crippen molar-refractivity contribution in [2.45, 2.75) is 38.6 Å². The number of benzene rings is 2. The highest BCUT2D eigenvalue weighted by Gasteiger charge is 2.24. The maximum Gasteiger partial charge on any atom is 0.405 e. The smallest absolute Gasteiger partial charge is 0.405 e. The predicted molar refractivity (Wildman–Crippen MR) is 107 cm³/mol. The van der Waals surface area contributed by atoms with Gasteiger partial charge in [-0.3, -0.25) is 4.79 Å². The number of halogens is 2. The standard InChI is InChI=1S/C20H22BrFN2O3/c1-20(2,3)15-9-12(7-8-16(15)22)10-17(24-19(26)27)18(25)23-14-6-4-5-13(21)11-14/h4-9,11,17,24H,10H2,1-3H3,(H,23,25)(H,26,27). The van der Waals surface area contributed by atoms with Crippen LogP contribution in [-0.2, 0) is 16.6 Å². The minimum Gasteiger partial charge on any atom is -0.465 e. The highest BCUT2D eigenvalue weighted by Crippen LogP contribution is 2.26. The van der Waals surface area contributed by atoms with Crippen molar-refractivity contribution < 1.29 is 19.1 Å². The maximum atomic E-state index is 14.1. The predicted octanol–water partition coefficient (Wildman–Crippen LogP) is 4.70. The second-order valence-electron chi connectivity index (χ2n) is 7.27. The summed E-state index contributed by atoms with van der Waals surface area (Å²) in [6.45, 7) is 5.67. The summed E-state index contributed by atoms with van der Waals surface area (Å²) in [4.78, 5) is 23.7. The molecule has 0 aromatic heterocycles. The first kappa shape index (κ1) is 20.9. The lowest BCUT2D eigenvalue weighted by Crippen LogP contribution is -2.44. The summed E-state index contributed by atoms with van der Waals surface area (Å²) in [5.41, 5.74) is 1.32. The topological polar surface area (TPSA) is 78.4 Å². The first-order valence-corrected chi connectivity index (χ1v) is 9.20. The van der Waals surface area contributed by atoms with E-state index in [1.54, 1.807) is 30.3 Å². The third kappa shape index (κ3) is 6.06. The first-order chi connectivity index (χ1) is 12.6. The number of hydrogen-bond acceptors (Lipinski definition) is 2. The molecule has 3 N–H and O–H groups in total. The summed E-state index contributed by atoms with van der Waals surface area (Å²) in [6, 6.07) is 10.6. The van der Waals surface area contributed by atoms with Gasteiger partial charge in [-0.1, -0.05) is 54.9 Å². The van der Waals surface area contributed by atoms with Crippen LogP contribution in [0.25, 0.3) is 0 Å². The van der Waals surface area contributed by atoms with E-state index in [9.17, 15) is 14.0 Å². The molecular formula is C20H22BrFN2O3. The van der Waals surface area contributed by atoms with Gasteiger partial charge in [0.05, 0.1) is 0 Å². The van der Waals surface area contributed by atoms with Gasteiger partial charge < -0.3 is 15.7 Å². The largest absolute Gasteiger partial charge is 0.465 e. The zero-order valence-electron chi connectivity index (χ0n) is 15.3. The van der Waals surface area contributed by atoms with E-state index >= 15 is 0 Å². The van der Waals surface area contributed by atoms with Crippen LogP contribution in [0.3, 0.4) is 0 Å². The molecule has 0 saturated heterocycles. The molecule has 0 saturated carbocycles. The Morgan fingerprint density at radius 2 is 1.89 bits per heavy atom. The third-order valence-electron chi connectivity index (χ3n) is 3.98. The van der Waals surface area contributed by atoms with Gasteiger partial charge in [0.15, 0.2) is 0 Å². The fraction of sp³-hybridized carbons (Fsp3) is 0.300. The molecule has 2 amide bonds. The normalized spacial score (nSPS) is 12.3. The Morgan fingerprint density at radius 1 is 1.19 bits per heavy atom. The van der Waals surface area contributed by atoms with Crippen LogP contribution in [0.5, 0.6) is 0 Å². The van der Waals surface area contributed by atoms with Crippen LogP contribution in [0.4, 0.5) is 14.9 Å². The van der Waals surface area contributed by atoms with Gasteiger partial charge in [0, 0.05) is 16.6 Å². The average molecular weight is 437 g/mol. The number of nitrogens with one attached hydrogen (secondary N) is 2. The average Bonchev–Trinajstić information content (AvgIpc) is 2.54. The number of rotatable bonds is 5. The Kier molecular flexibility index (Phi) is 6.59. The Balaban J connectivity index is 2.24. The van der Waals surface area contributed by atoms with Crippen molar-refractivity contribution in [1.29, 1.82) is 0 Å². The molecule has 144 valence electrons. The SMILES string of the molecule is CC(C)(C)c1cc(CC(NC(=O)O)C(=O)Nc2cccc(Br)c2)ccc1F. The summed E-state index contributed by atoms with van der Waals surface area (Å²) in [7, 11) is 0. The number of carbonyl (C=O) groups is 2. The zero-order valence-corrected chi connectivity index (χ0v) is 16.9. The number of anilines is 1. The molecular weight excluding hydrogens is 415 g/mol. The van der Waals surface area contributed by atoms with Gasteiger partial charge in [0.25, 0.3) is 0 Å². The summed E-state index contributed by atoms with van der Waals surface area (Å²) >= 11 is 3.32. The van der Waals surface area contributed by atoms with Crippen LogP contribution >= 0.6 is 15.9 Å². The van der Waals surface area contributed by atoms with Crippen LogP contribution in [-0.4, -0.2) is 23.1 Å². The molecule has 0 fully saturated rings. The summed E-state index contributed by atoms with van der Waals surface area (Å²) < 4.78 is 14.9. The zero-order chi connectivity index (χ0) is 20.2. The second-order valence-corrected chi connectivity index (χ2v) is 8.19. The van der Waals surface area contributed by atoms with E-state index in [4.69, 9.17) is 5.11 Å². The second kappa shape index (κ2) is 8.52. The molecule has 1 atom stereocenters. The maximum absolute atomic E-state index is 14.1. The molecule has 0 heterocycles. The Labute approximate surface area is 166 Å².